The van der Waals surface area contributed by atoms with E-state index >= 15 is 0 Å². The number of carbonyl (C=O) groups is 2. The monoisotopic (exact) mass is 388 g/mol. The lowest BCUT2D eigenvalue weighted by atomic mass is 10.1. The van der Waals surface area contributed by atoms with Crippen LogP contribution in [0.25, 0.3) is 0 Å². The number of amides is 2. The lowest BCUT2D eigenvalue weighted by Gasteiger charge is -2.28. The summed E-state index contributed by atoms with van der Waals surface area (Å²) in [7, 11) is 1.60. The van der Waals surface area contributed by atoms with E-state index in [0.29, 0.717) is 18.7 Å². The Balaban J connectivity index is 1.48. The van der Waals surface area contributed by atoms with E-state index in [2.05, 4.69) is 10.6 Å². The van der Waals surface area contributed by atoms with Gasteiger partial charge in [0, 0.05) is 12.3 Å². The van der Waals surface area contributed by atoms with Gasteiger partial charge in [-0.1, -0.05) is 24.3 Å². The molecule has 2 N–H and O–H groups in total. The van der Waals surface area contributed by atoms with E-state index in [0.717, 1.165) is 16.9 Å². The van der Waals surface area contributed by atoms with Crippen LogP contribution in [-0.2, 0) is 22.6 Å². The van der Waals surface area contributed by atoms with E-state index in [4.69, 9.17) is 4.74 Å². The van der Waals surface area contributed by atoms with Crippen LogP contribution in [0.15, 0.2) is 48.5 Å². The number of hydrogen-bond acceptors (Lipinski definition) is 4. The van der Waals surface area contributed by atoms with Gasteiger partial charge in [-0.2, -0.15) is 0 Å². The van der Waals surface area contributed by atoms with Crippen molar-refractivity contribution in [3.05, 3.63) is 65.5 Å². The molecule has 2 aromatic rings. The van der Waals surface area contributed by atoms with Gasteiger partial charge in [0.05, 0.1) is 12.4 Å². The molecule has 0 saturated carbocycles. The minimum Gasteiger partial charge on any atom is -0.497 e. The third-order valence-corrected chi connectivity index (χ3v) is 5.66. The average molecular weight is 388 g/mol. The van der Waals surface area contributed by atoms with Gasteiger partial charge in [0.2, 0.25) is 11.8 Å². The van der Waals surface area contributed by atoms with Gasteiger partial charge in [0.25, 0.3) is 0 Å². The maximum Gasteiger partial charge on any atom is 0.243 e. The molecule has 7 heteroatoms. The van der Waals surface area contributed by atoms with Crippen molar-refractivity contribution >= 4 is 23.6 Å². The van der Waals surface area contributed by atoms with Crippen molar-refractivity contribution < 1.29 is 18.7 Å². The largest absolute Gasteiger partial charge is 0.497 e. The first-order chi connectivity index (χ1) is 13.0. The number of carbonyl (C=O) groups excluding carboxylic acids is 2. The molecule has 2 aromatic carbocycles. The molecule has 5 nitrogen and oxygen atoms in total. The number of rotatable bonds is 6. The molecule has 2 atom stereocenters. The van der Waals surface area contributed by atoms with Crippen LogP contribution in [0.1, 0.15) is 11.1 Å². The van der Waals surface area contributed by atoms with Crippen molar-refractivity contribution in [2.45, 2.75) is 24.3 Å². The topological polar surface area (TPSA) is 67.4 Å². The second kappa shape index (κ2) is 8.90. The summed E-state index contributed by atoms with van der Waals surface area (Å²) < 4.78 is 18.1. The number of ether oxygens (including phenoxy) is 1. The molecule has 142 valence electrons. The maximum atomic E-state index is 13.0. The minimum atomic E-state index is -0.551. The summed E-state index contributed by atoms with van der Waals surface area (Å²) >= 11 is 1.45. The number of thioether (sulfide) groups is 1. The zero-order valence-electron chi connectivity index (χ0n) is 14.9. The van der Waals surface area contributed by atoms with Crippen LogP contribution < -0.4 is 15.4 Å². The van der Waals surface area contributed by atoms with Gasteiger partial charge in [0.1, 0.15) is 17.6 Å². The fourth-order valence-corrected chi connectivity index (χ4v) is 3.97. The second-order valence-electron chi connectivity index (χ2n) is 6.28. The highest BCUT2D eigenvalue weighted by Gasteiger charge is 2.32. The van der Waals surface area contributed by atoms with Crippen LogP contribution in [0.2, 0.25) is 0 Å². The Bertz CT molecular complexity index is 796. The zero-order valence-corrected chi connectivity index (χ0v) is 15.7. The molecular formula is C20H21FN2O3S. The summed E-state index contributed by atoms with van der Waals surface area (Å²) in [6, 6.07) is 13.0. The molecule has 0 aromatic heterocycles. The molecule has 1 saturated heterocycles. The fraction of sp³-hybridized carbons (Fsp3) is 0.300. The van der Waals surface area contributed by atoms with Gasteiger partial charge >= 0.3 is 0 Å². The minimum absolute atomic E-state index is 0.167. The van der Waals surface area contributed by atoms with E-state index in [1.54, 1.807) is 19.2 Å². The standard InChI is InChI=1S/C20H21FN2O3S/c1-26-16-8-4-14(5-9-16)11-22-19(24)17-12-27-18(20(25)23-17)10-13-2-6-15(21)7-3-13/h2-9,17-18H,10-12H2,1H3,(H,22,24)(H,23,25)/t17-,18-/m0/s1. The molecular weight excluding hydrogens is 367 g/mol. The molecule has 1 fully saturated rings. The van der Waals surface area contributed by atoms with Crippen LogP contribution in [0, 0.1) is 5.82 Å². The molecule has 1 aliphatic rings. The fourth-order valence-electron chi connectivity index (χ4n) is 2.78. The lowest BCUT2D eigenvalue weighted by molar-refractivity contribution is -0.128. The zero-order chi connectivity index (χ0) is 19.2. The SMILES string of the molecule is COc1ccc(CNC(=O)[C@@H]2CS[C@@H](Cc3ccc(F)cc3)C(=O)N2)cc1. The number of benzene rings is 2. The van der Waals surface area contributed by atoms with Gasteiger partial charge in [-0.05, 0) is 41.8 Å². The summed E-state index contributed by atoms with van der Waals surface area (Å²) in [5.74, 6) is 0.597. The van der Waals surface area contributed by atoms with Gasteiger partial charge in [-0.25, -0.2) is 4.39 Å². The number of hydrogen-bond donors (Lipinski definition) is 2. The third-order valence-electron chi connectivity index (χ3n) is 4.35. The van der Waals surface area contributed by atoms with E-state index in [-0.39, 0.29) is 22.9 Å². The Morgan fingerprint density at radius 1 is 1.19 bits per heavy atom. The highest BCUT2D eigenvalue weighted by atomic mass is 32.2. The van der Waals surface area contributed by atoms with Crippen molar-refractivity contribution in [3.8, 4) is 5.75 Å². The predicted molar refractivity (Wildman–Crippen MR) is 103 cm³/mol. The maximum absolute atomic E-state index is 13.0. The number of halogens is 1. The second-order valence-corrected chi connectivity index (χ2v) is 7.52. The van der Waals surface area contributed by atoms with Crippen LogP contribution in [0.3, 0.4) is 0 Å². The number of nitrogens with one attached hydrogen (secondary N) is 2. The Morgan fingerprint density at radius 2 is 1.85 bits per heavy atom. The predicted octanol–water partition coefficient (Wildman–Crippen LogP) is 2.29. The molecule has 0 aliphatic carbocycles. The van der Waals surface area contributed by atoms with E-state index in [1.807, 2.05) is 24.3 Å². The highest BCUT2D eigenvalue weighted by Crippen LogP contribution is 2.22. The molecule has 0 unspecified atom stereocenters. The summed E-state index contributed by atoms with van der Waals surface area (Å²) in [5, 5.41) is 5.36. The quantitative estimate of drug-likeness (QED) is 0.797. The van der Waals surface area contributed by atoms with E-state index in [1.165, 1.54) is 23.9 Å². The summed E-state index contributed by atoms with van der Waals surface area (Å²) in [4.78, 5) is 24.7. The lowest BCUT2D eigenvalue weighted by Crippen LogP contribution is -2.54. The van der Waals surface area contributed by atoms with E-state index < -0.39 is 6.04 Å². The Hall–Kier alpha value is -2.54. The van der Waals surface area contributed by atoms with Gasteiger partial charge in [-0.3, -0.25) is 9.59 Å². The van der Waals surface area contributed by atoms with Gasteiger partial charge in [0.15, 0.2) is 0 Å². The molecule has 0 spiro atoms. The third kappa shape index (κ3) is 5.23. The summed E-state index contributed by atoms with van der Waals surface area (Å²) in [6.45, 7) is 0.388. The van der Waals surface area contributed by atoms with Crippen LogP contribution in [0.5, 0.6) is 5.75 Å². The van der Waals surface area contributed by atoms with E-state index in [9.17, 15) is 14.0 Å². The molecule has 3 rings (SSSR count). The first-order valence-corrected chi connectivity index (χ1v) is 9.67. The Labute approximate surface area is 161 Å². The summed E-state index contributed by atoms with van der Waals surface area (Å²) in [6.07, 6.45) is 0.511. The molecule has 0 radical (unpaired) electrons. The van der Waals surface area contributed by atoms with Crippen molar-refractivity contribution in [1.82, 2.24) is 10.6 Å². The molecule has 0 bridgehead atoms. The van der Waals surface area contributed by atoms with Gasteiger partial charge in [-0.15, -0.1) is 11.8 Å². The van der Waals surface area contributed by atoms with Crippen molar-refractivity contribution in [3.63, 3.8) is 0 Å². The van der Waals surface area contributed by atoms with Crippen molar-refractivity contribution in [1.29, 1.82) is 0 Å². The normalized spacial score (nSPS) is 19.3. The first-order valence-electron chi connectivity index (χ1n) is 8.62. The van der Waals surface area contributed by atoms with Crippen molar-refractivity contribution in [2.75, 3.05) is 12.9 Å². The number of methoxy groups -OCH3 is 1. The molecule has 27 heavy (non-hydrogen) atoms. The Morgan fingerprint density at radius 3 is 2.48 bits per heavy atom. The Kier molecular flexibility index (Phi) is 6.34. The smallest absolute Gasteiger partial charge is 0.243 e. The van der Waals surface area contributed by atoms with Gasteiger partial charge < -0.3 is 15.4 Å². The highest BCUT2D eigenvalue weighted by molar-refractivity contribution is 8.00. The van der Waals surface area contributed by atoms with Crippen LogP contribution in [-0.4, -0.2) is 36.0 Å². The summed E-state index contributed by atoms with van der Waals surface area (Å²) in [5.41, 5.74) is 1.85. The van der Waals surface area contributed by atoms with Crippen molar-refractivity contribution in [2.24, 2.45) is 0 Å². The molecule has 1 heterocycles. The molecule has 2 amide bonds. The van der Waals surface area contributed by atoms with Crippen LogP contribution >= 0.6 is 11.8 Å². The van der Waals surface area contributed by atoms with Crippen LogP contribution in [0.4, 0.5) is 4.39 Å². The first kappa shape index (κ1) is 19.2. The molecule has 1 aliphatic heterocycles. The average Bonchev–Trinajstić information content (AvgIpc) is 2.69.